The van der Waals surface area contributed by atoms with Gasteiger partial charge in [-0.05, 0) is 0 Å². The van der Waals surface area contributed by atoms with Gasteiger partial charge in [0.15, 0.2) is 0 Å². The molecule has 0 amide bonds. The Kier molecular flexibility index (Phi) is 3.68. The Labute approximate surface area is 98.0 Å². The van der Waals surface area contributed by atoms with Crippen LogP contribution in [0.4, 0.5) is 0 Å². The third-order valence-electron chi connectivity index (χ3n) is 3.57. The standard InChI is InChI=1S/C10H22IN3/c1-3-14(11-2)9-5-8-13-7-4-6-12-10(13)14/h10,12H,3-9H2,1-2H3. The molecule has 4 heteroatoms. The molecule has 2 aliphatic rings. The summed E-state index contributed by atoms with van der Waals surface area (Å²) in [5, 5.41) is 3.74. The molecule has 0 aromatic carbocycles. The van der Waals surface area contributed by atoms with Gasteiger partial charge in [-0.1, -0.05) is 0 Å². The molecule has 0 aliphatic carbocycles. The normalized spacial score (nSPS) is 39.7. The minimum absolute atomic E-state index is 0.287. The van der Waals surface area contributed by atoms with Crippen LogP contribution < -0.4 is 26.8 Å². The van der Waals surface area contributed by atoms with E-state index in [1.807, 2.05) is 0 Å². The van der Waals surface area contributed by atoms with E-state index >= 15 is 0 Å². The van der Waals surface area contributed by atoms with Crippen LogP contribution in [0.5, 0.6) is 0 Å². The first kappa shape index (κ1) is 11.1. The Morgan fingerprint density at radius 1 is 1.43 bits per heavy atom. The molecule has 3 nitrogen and oxygen atoms in total. The first-order valence-electron chi connectivity index (χ1n) is 5.68. The number of nitrogens with one attached hydrogen (secondary N) is 1. The molecule has 0 radical (unpaired) electrons. The third kappa shape index (κ3) is 1.81. The average molecular weight is 311 g/mol. The van der Waals surface area contributed by atoms with Gasteiger partial charge in [0, 0.05) is 0 Å². The second-order valence-electron chi connectivity index (χ2n) is 4.21. The molecular weight excluding hydrogens is 289 g/mol. The number of rotatable bonds is 2. The minimum atomic E-state index is 0.287. The van der Waals surface area contributed by atoms with Crippen molar-refractivity contribution in [3.8, 4) is 0 Å². The van der Waals surface area contributed by atoms with E-state index in [9.17, 15) is 0 Å². The van der Waals surface area contributed by atoms with Crippen LogP contribution in [0.3, 0.4) is 0 Å². The second-order valence-corrected chi connectivity index (χ2v) is 7.09. The maximum absolute atomic E-state index is 3.74. The molecule has 1 N–H and O–H groups in total. The molecule has 2 heterocycles. The van der Waals surface area contributed by atoms with Crippen LogP contribution in [0, 0.1) is 0 Å². The zero-order valence-electron chi connectivity index (χ0n) is 9.30. The summed E-state index contributed by atoms with van der Waals surface area (Å²) in [7, 11) is 0. The van der Waals surface area contributed by atoms with Gasteiger partial charge in [-0.15, -0.1) is 0 Å². The third-order valence-corrected chi connectivity index (χ3v) is 7.18. The Morgan fingerprint density at radius 2 is 2.21 bits per heavy atom. The molecule has 2 rings (SSSR count). The monoisotopic (exact) mass is 311 g/mol. The first-order valence-corrected chi connectivity index (χ1v) is 8.80. The number of fused-ring (bicyclic) bond motifs is 1. The van der Waals surface area contributed by atoms with Gasteiger partial charge in [0.2, 0.25) is 0 Å². The number of hydrogen-bond donors (Lipinski definition) is 1. The summed E-state index contributed by atoms with van der Waals surface area (Å²) < 4.78 is 1.37. The van der Waals surface area contributed by atoms with Crippen molar-refractivity contribution in [2.24, 2.45) is 0 Å². The molecule has 2 fully saturated rings. The SMILES string of the molecule is CC[N+]1([I-]C)CCCN2CCCNC21. The molecule has 0 bridgehead atoms. The number of quaternary nitrogens is 1. The molecule has 2 atom stereocenters. The van der Waals surface area contributed by atoms with Gasteiger partial charge in [0.05, 0.1) is 0 Å². The van der Waals surface area contributed by atoms with Crippen LogP contribution in [0.15, 0.2) is 0 Å². The summed E-state index contributed by atoms with van der Waals surface area (Å²) >= 11 is 0.287. The van der Waals surface area contributed by atoms with Gasteiger partial charge in [-0.25, -0.2) is 0 Å². The zero-order valence-corrected chi connectivity index (χ0v) is 11.5. The fraction of sp³-hybridized carbons (Fsp3) is 1.00. The van der Waals surface area contributed by atoms with Crippen molar-refractivity contribution in [2.75, 3.05) is 37.7 Å². The van der Waals surface area contributed by atoms with Crippen LogP contribution in [-0.4, -0.2) is 51.5 Å². The van der Waals surface area contributed by atoms with E-state index < -0.39 is 0 Å². The summed E-state index contributed by atoms with van der Waals surface area (Å²) in [6.07, 6.45) is 3.40. The maximum atomic E-state index is 3.74. The van der Waals surface area contributed by atoms with E-state index in [4.69, 9.17) is 0 Å². The van der Waals surface area contributed by atoms with Crippen LogP contribution >= 0.6 is 0 Å². The van der Waals surface area contributed by atoms with Gasteiger partial charge in [0.1, 0.15) is 0 Å². The number of alkyl halides is 1. The molecule has 2 aliphatic heterocycles. The fourth-order valence-corrected chi connectivity index (χ4v) is 5.32. The van der Waals surface area contributed by atoms with Crippen LogP contribution in [0.2, 0.25) is 0 Å². The van der Waals surface area contributed by atoms with E-state index in [-0.39, 0.29) is 21.5 Å². The molecule has 0 saturated carbocycles. The Hall–Kier alpha value is 0.610. The van der Waals surface area contributed by atoms with Crippen LogP contribution in [0.1, 0.15) is 19.8 Å². The van der Waals surface area contributed by atoms with Crippen molar-refractivity contribution in [2.45, 2.75) is 26.1 Å². The van der Waals surface area contributed by atoms with Crippen molar-refractivity contribution in [3.05, 3.63) is 0 Å². The second kappa shape index (κ2) is 4.63. The zero-order chi connectivity index (χ0) is 10.0. The topological polar surface area (TPSA) is 15.3 Å². The van der Waals surface area contributed by atoms with Gasteiger partial charge < -0.3 is 0 Å². The van der Waals surface area contributed by atoms with E-state index in [0.717, 1.165) is 0 Å². The molecular formula is C10H22IN3. The van der Waals surface area contributed by atoms with Gasteiger partial charge in [0.25, 0.3) is 0 Å². The summed E-state index contributed by atoms with van der Waals surface area (Å²) in [6.45, 7) is 8.96. The summed E-state index contributed by atoms with van der Waals surface area (Å²) in [5.74, 6) is 0. The molecule has 0 aromatic rings. The molecule has 2 unspecified atom stereocenters. The number of nitrogens with zero attached hydrogens (tertiary/aromatic N) is 2. The average Bonchev–Trinajstić information content (AvgIpc) is 2.28. The number of halogens is 1. The molecule has 0 aromatic heterocycles. The van der Waals surface area contributed by atoms with E-state index in [1.165, 1.54) is 48.3 Å². The van der Waals surface area contributed by atoms with Crippen molar-refractivity contribution < 1.29 is 24.2 Å². The predicted molar refractivity (Wildman–Crippen MR) is 54.2 cm³/mol. The first-order chi connectivity index (χ1) is 6.82. The van der Waals surface area contributed by atoms with Gasteiger partial charge in [-0.3, -0.25) is 0 Å². The summed E-state index contributed by atoms with van der Waals surface area (Å²) in [6, 6.07) is 0. The van der Waals surface area contributed by atoms with Crippen molar-refractivity contribution >= 4 is 0 Å². The van der Waals surface area contributed by atoms with Crippen LogP contribution in [-0.2, 0) is 0 Å². The summed E-state index contributed by atoms with van der Waals surface area (Å²) in [4.78, 5) is 5.13. The van der Waals surface area contributed by atoms with Gasteiger partial charge in [-0.2, -0.15) is 0 Å². The van der Waals surface area contributed by atoms with E-state index in [2.05, 4.69) is 22.1 Å². The van der Waals surface area contributed by atoms with E-state index in [1.54, 1.807) is 0 Å². The predicted octanol–water partition coefficient (Wildman–Crippen LogP) is -2.56. The Balaban J connectivity index is 2.14. The Morgan fingerprint density at radius 3 is 2.93 bits per heavy atom. The fourth-order valence-electron chi connectivity index (χ4n) is 2.74. The van der Waals surface area contributed by atoms with E-state index in [0.29, 0.717) is 6.29 Å². The van der Waals surface area contributed by atoms with Gasteiger partial charge >= 0.3 is 98.1 Å². The molecule has 0 spiro atoms. The summed E-state index contributed by atoms with van der Waals surface area (Å²) in [5.41, 5.74) is 0. The number of hydrogen-bond acceptors (Lipinski definition) is 2. The quantitative estimate of drug-likeness (QED) is 0.343. The van der Waals surface area contributed by atoms with Crippen LogP contribution in [0.25, 0.3) is 0 Å². The molecule has 84 valence electrons. The Bertz CT molecular complexity index is 192. The molecule has 2 saturated heterocycles. The van der Waals surface area contributed by atoms with Crippen molar-refractivity contribution in [1.82, 2.24) is 10.2 Å². The molecule has 14 heavy (non-hydrogen) atoms. The van der Waals surface area contributed by atoms with Crippen molar-refractivity contribution in [3.63, 3.8) is 0 Å². The van der Waals surface area contributed by atoms with Crippen molar-refractivity contribution in [1.29, 1.82) is 0 Å².